The first-order chi connectivity index (χ1) is 12.1. The highest BCUT2D eigenvalue weighted by Gasteiger charge is 2.24. The lowest BCUT2D eigenvalue weighted by molar-refractivity contribution is 0.196. The molecule has 0 saturated heterocycles. The Balaban J connectivity index is 1.74. The summed E-state index contributed by atoms with van der Waals surface area (Å²) in [6.07, 6.45) is 2.27. The Bertz CT molecular complexity index is 729. The highest BCUT2D eigenvalue weighted by atomic mass is 16.5. The molecule has 4 nitrogen and oxygen atoms in total. The topological polar surface area (TPSA) is 50.7 Å². The van der Waals surface area contributed by atoms with Crippen LogP contribution in [-0.4, -0.2) is 25.4 Å². The summed E-state index contributed by atoms with van der Waals surface area (Å²) >= 11 is 0. The number of ether oxygens (including phenoxy) is 2. The van der Waals surface area contributed by atoms with Crippen molar-refractivity contribution in [3.63, 3.8) is 0 Å². The van der Waals surface area contributed by atoms with Crippen LogP contribution < -0.4 is 14.8 Å². The second-order valence-electron chi connectivity index (χ2n) is 6.66. The summed E-state index contributed by atoms with van der Waals surface area (Å²) in [5.74, 6) is 1.36. The zero-order valence-corrected chi connectivity index (χ0v) is 15.2. The van der Waals surface area contributed by atoms with Crippen LogP contribution in [0.2, 0.25) is 0 Å². The van der Waals surface area contributed by atoms with Gasteiger partial charge in [-0.15, -0.1) is 0 Å². The van der Waals surface area contributed by atoms with Gasteiger partial charge in [0, 0.05) is 12.1 Å². The van der Waals surface area contributed by atoms with Crippen molar-refractivity contribution in [2.24, 2.45) is 0 Å². The Morgan fingerprint density at radius 1 is 1.20 bits per heavy atom. The van der Waals surface area contributed by atoms with Gasteiger partial charge in [-0.3, -0.25) is 0 Å². The van der Waals surface area contributed by atoms with E-state index in [1.807, 2.05) is 12.1 Å². The van der Waals surface area contributed by atoms with Crippen molar-refractivity contribution in [1.82, 2.24) is 5.32 Å². The highest BCUT2D eigenvalue weighted by Crippen LogP contribution is 2.35. The number of aryl methyl sites for hydroxylation is 2. The van der Waals surface area contributed by atoms with E-state index < -0.39 is 0 Å². The van der Waals surface area contributed by atoms with Gasteiger partial charge in [0.25, 0.3) is 0 Å². The summed E-state index contributed by atoms with van der Waals surface area (Å²) < 4.78 is 11.0. The van der Waals surface area contributed by atoms with Gasteiger partial charge in [-0.25, -0.2) is 0 Å². The lowest BCUT2D eigenvalue weighted by Gasteiger charge is -2.22. The van der Waals surface area contributed by atoms with Crippen molar-refractivity contribution >= 4 is 0 Å². The smallest absolute Gasteiger partial charge is 0.161 e. The summed E-state index contributed by atoms with van der Waals surface area (Å²) in [4.78, 5) is 0. The van der Waals surface area contributed by atoms with Gasteiger partial charge in [0.15, 0.2) is 11.5 Å². The van der Waals surface area contributed by atoms with Crippen molar-refractivity contribution in [2.45, 2.75) is 38.8 Å². The second kappa shape index (κ2) is 7.89. The van der Waals surface area contributed by atoms with E-state index in [4.69, 9.17) is 14.6 Å². The van der Waals surface area contributed by atoms with Crippen LogP contribution >= 0.6 is 0 Å². The molecule has 2 aromatic rings. The lowest BCUT2D eigenvalue weighted by atomic mass is 10.0. The Morgan fingerprint density at radius 2 is 2.04 bits per heavy atom. The fraction of sp³-hybridized carbons (Fsp3) is 0.429. The third-order valence-corrected chi connectivity index (χ3v) is 4.87. The zero-order chi connectivity index (χ0) is 17.8. The quantitative estimate of drug-likeness (QED) is 0.806. The number of benzene rings is 2. The molecule has 4 heteroatoms. The van der Waals surface area contributed by atoms with Crippen molar-refractivity contribution in [3.8, 4) is 11.5 Å². The molecule has 0 amide bonds. The van der Waals surface area contributed by atoms with Crippen LogP contribution in [-0.2, 0) is 6.42 Å². The molecule has 0 spiro atoms. The number of rotatable bonds is 7. The Kier molecular flexibility index (Phi) is 5.61. The van der Waals surface area contributed by atoms with Crippen LogP contribution in [0, 0.1) is 6.92 Å². The molecule has 3 rings (SSSR count). The first kappa shape index (κ1) is 17.8. The molecule has 2 N–H and O–H groups in total. The van der Waals surface area contributed by atoms with E-state index in [2.05, 4.69) is 43.4 Å². The highest BCUT2D eigenvalue weighted by molar-refractivity contribution is 5.44. The van der Waals surface area contributed by atoms with E-state index in [0.29, 0.717) is 17.5 Å². The van der Waals surface area contributed by atoms with Gasteiger partial charge in [0.2, 0.25) is 0 Å². The SMILES string of the molecule is COc1cc([C@H](C)N[C@H]2CCc3ccc(C)cc32)ccc1OCCO. The Labute approximate surface area is 149 Å². The van der Waals surface area contributed by atoms with Crippen LogP contribution in [0.1, 0.15) is 47.7 Å². The van der Waals surface area contributed by atoms with E-state index in [0.717, 1.165) is 18.4 Å². The number of aliphatic hydroxyl groups excluding tert-OH is 1. The van der Waals surface area contributed by atoms with Crippen molar-refractivity contribution in [3.05, 3.63) is 58.7 Å². The average molecular weight is 341 g/mol. The number of hydrogen-bond acceptors (Lipinski definition) is 4. The molecule has 0 aliphatic heterocycles. The molecule has 0 saturated carbocycles. The predicted molar refractivity (Wildman–Crippen MR) is 99.4 cm³/mol. The molecule has 2 aromatic carbocycles. The van der Waals surface area contributed by atoms with Gasteiger partial charge in [-0.1, -0.05) is 29.8 Å². The maximum Gasteiger partial charge on any atom is 0.161 e. The largest absolute Gasteiger partial charge is 0.493 e. The van der Waals surface area contributed by atoms with Crippen LogP contribution in [0.25, 0.3) is 0 Å². The first-order valence-electron chi connectivity index (χ1n) is 8.89. The second-order valence-corrected chi connectivity index (χ2v) is 6.66. The minimum atomic E-state index is -0.0105. The number of methoxy groups -OCH3 is 1. The average Bonchev–Trinajstić information content (AvgIpc) is 3.01. The maximum absolute atomic E-state index is 8.92. The molecule has 0 bridgehead atoms. The van der Waals surface area contributed by atoms with E-state index >= 15 is 0 Å². The summed E-state index contributed by atoms with van der Waals surface area (Å²) in [6.45, 7) is 4.58. The number of fused-ring (bicyclic) bond motifs is 1. The summed E-state index contributed by atoms with van der Waals surface area (Å²) in [6, 6.07) is 13.3. The lowest BCUT2D eigenvalue weighted by Crippen LogP contribution is -2.23. The van der Waals surface area contributed by atoms with E-state index in [1.54, 1.807) is 7.11 Å². The zero-order valence-electron chi connectivity index (χ0n) is 15.2. The van der Waals surface area contributed by atoms with Gasteiger partial charge in [-0.05, 0) is 55.5 Å². The van der Waals surface area contributed by atoms with E-state index in [1.165, 1.54) is 16.7 Å². The molecular weight excluding hydrogens is 314 g/mol. The molecule has 0 aromatic heterocycles. The first-order valence-corrected chi connectivity index (χ1v) is 8.89. The Hall–Kier alpha value is -2.04. The van der Waals surface area contributed by atoms with Gasteiger partial charge >= 0.3 is 0 Å². The van der Waals surface area contributed by atoms with E-state index in [9.17, 15) is 0 Å². The van der Waals surface area contributed by atoms with Crippen LogP contribution in [0.15, 0.2) is 36.4 Å². The molecule has 1 aliphatic carbocycles. The van der Waals surface area contributed by atoms with Crippen LogP contribution in [0.3, 0.4) is 0 Å². The number of aliphatic hydroxyl groups is 1. The molecule has 0 radical (unpaired) electrons. The van der Waals surface area contributed by atoms with Crippen molar-refractivity contribution in [2.75, 3.05) is 20.3 Å². The number of hydrogen-bond donors (Lipinski definition) is 2. The fourth-order valence-electron chi connectivity index (χ4n) is 3.52. The monoisotopic (exact) mass is 341 g/mol. The molecule has 2 atom stereocenters. The van der Waals surface area contributed by atoms with Crippen LogP contribution in [0.5, 0.6) is 11.5 Å². The predicted octanol–water partition coefficient (Wildman–Crippen LogP) is 3.71. The third kappa shape index (κ3) is 3.97. The van der Waals surface area contributed by atoms with Gasteiger partial charge in [0.05, 0.1) is 13.7 Å². The van der Waals surface area contributed by atoms with Gasteiger partial charge in [0.1, 0.15) is 6.61 Å². The van der Waals surface area contributed by atoms with Crippen LogP contribution in [0.4, 0.5) is 0 Å². The molecule has 25 heavy (non-hydrogen) atoms. The minimum absolute atomic E-state index is 0.0105. The van der Waals surface area contributed by atoms with E-state index in [-0.39, 0.29) is 19.3 Å². The fourth-order valence-corrected chi connectivity index (χ4v) is 3.52. The minimum Gasteiger partial charge on any atom is -0.493 e. The maximum atomic E-state index is 8.92. The van der Waals surface area contributed by atoms with Gasteiger partial charge < -0.3 is 19.9 Å². The molecule has 0 heterocycles. The molecular formula is C21H27NO3. The third-order valence-electron chi connectivity index (χ3n) is 4.87. The van der Waals surface area contributed by atoms with Gasteiger partial charge in [-0.2, -0.15) is 0 Å². The summed E-state index contributed by atoms with van der Waals surface area (Å²) in [7, 11) is 1.64. The summed E-state index contributed by atoms with van der Waals surface area (Å²) in [5, 5.41) is 12.7. The normalized spacial score (nSPS) is 17.2. The molecule has 1 aliphatic rings. The van der Waals surface area contributed by atoms with Crippen molar-refractivity contribution in [1.29, 1.82) is 0 Å². The Morgan fingerprint density at radius 3 is 2.80 bits per heavy atom. The molecule has 0 fully saturated rings. The molecule has 0 unspecified atom stereocenters. The summed E-state index contributed by atoms with van der Waals surface area (Å²) in [5.41, 5.74) is 5.36. The standard InChI is InChI=1S/C21H27NO3/c1-14-4-5-16-6-8-19(18(16)12-14)22-15(2)17-7-9-20(25-11-10-23)21(13-17)24-3/h4-5,7,9,12-13,15,19,22-23H,6,8,10-11H2,1-3H3/t15-,19-/m0/s1. The number of nitrogens with one attached hydrogen (secondary N) is 1. The molecule has 134 valence electrons. The van der Waals surface area contributed by atoms with Crippen molar-refractivity contribution < 1.29 is 14.6 Å².